The van der Waals surface area contributed by atoms with Crippen molar-refractivity contribution in [3.63, 3.8) is 0 Å². The molecule has 0 aliphatic heterocycles. The van der Waals surface area contributed by atoms with Crippen LogP contribution in [0.4, 0.5) is 0 Å². The minimum absolute atomic E-state index is 0.439. The first-order valence-electron chi connectivity index (χ1n) is 11.7. The third-order valence-corrected chi connectivity index (χ3v) is 7.06. The van der Waals surface area contributed by atoms with Gasteiger partial charge in [0.15, 0.2) is 0 Å². The fraction of sp³-hybridized carbons (Fsp3) is 0.200. The summed E-state index contributed by atoms with van der Waals surface area (Å²) in [6.45, 7) is 0. The van der Waals surface area contributed by atoms with Crippen molar-refractivity contribution in [1.29, 1.82) is 0 Å². The zero-order chi connectivity index (χ0) is 25.2. The second-order valence-electron chi connectivity index (χ2n) is 8.82. The third-order valence-electron chi connectivity index (χ3n) is 7.06. The van der Waals surface area contributed by atoms with E-state index in [4.69, 9.17) is 14.2 Å². The van der Waals surface area contributed by atoms with Gasteiger partial charge in [-0.25, -0.2) is 0 Å². The van der Waals surface area contributed by atoms with E-state index in [1.165, 1.54) is 14.2 Å². The molecule has 1 aliphatic rings. The van der Waals surface area contributed by atoms with E-state index in [1.807, 2.05) is 72.8 Å². The summed E-state index contributed by atoms with van der Waals surface area (Å²) in [5.41, 5.74) is 1.33. The van der Waals surface area contributed by atoms with Crippen molar-refractivity contribution in [2.75, 3.05) is 14.2 Å². The number of carbonyl (C=O) groups is 2. The van der Waals surface area contributed by atoms with Gasteiger partial charge in [-0.1, -0.05) is 72.8 Å². The van der Waals surface area contributed by atoms with Crippen LogP contribution in [0.3, 0.4) is 0 Å². The number of fused-ring (bicyclic) bond motifs is 1. The molecule has 4 aromatic rings. The fourth-order valence-corrected chi connectivity index (χ4v) is 5.47. The number of esters is 1. The first-order chi connectivity index (χ1) is 17.5. The number of aliphatic carboxylic acids is 1. The topological polar surface area (TPSA) is 82.1 Å². The second-order valence-corrected chi connectivity index (χ2v) is 8.82. The normalized spacial score (nSPS) is 20.8. The number of para-hydroxylation sites is 2. The lowest BCUT2D eigenvalue weighted by molar-refractivity contribution is -0.158. The molecule has 0 radical (unpaired) electrons. The van der Waals surface area contributed by atoms with Gasteiger partial charge in [0, 0.05) is 17.2 Å². The lowest BCUT2D eigenvalue weighted by atomic mass is 9.52. The van der Waals surface area contributed by atoms with Crippen LogP contribution >= 0.6 is 0 Å². The summed E-state index contributed by atoms with van der Waals surface area (Å²) < 4.78 is 17.1. The van der Waals surface area contributed by atoms with Crippen LogP contribution in [0.25, 0.3) is 10.8 Å². The van der Waals surface area contributed by atoms with Crippen molar-refractivity contribution in [2.24, 2.45) is 11.8 Å². The summed E-state index contributed by atoms with van der Waals surface area (Å²) in [5.74, 6) is -2.89. The van der Waals surface area contributed by atoms with Gasteiger partial charge in [0.25, 0.3) is 0 Å². The molecule has 6 nitrogen and oxygen atoms in total. The van der Waals surface area contributed by atoms with Gasteiger partial charge >= 0.3 is 11.9 Å². The molecule has 0 bridgehead atoms. The van der Waals surface area contributed by atoms with Gasteiger partial charge in [0.1, 0.15) is 17.2 Å². The second kappa shape index (κ2) is 9.74. The molecule has 1 N–H and O–H groups in total. The maximum atomic E-state index is 13.9. The molecule has 0 saturated heterocycles. The minimum Gasteiger partial charge on any atom is -0.496 e. The largest absolute Gasteiger partial charge is 0.496 e. The number of hydrogen-bond acceptors (Lipinski definition) is 5. The van der Waals surface area contributed by atoms with E-state index < -0.39 is 35.6 Å². The number of carbonyl (C=O) groups excluding carboxylic acids is 1. The number of rotatable bonds is 7. The minimum atomic E-state index is -0.990. The van der Waals surface area contributed by atoms with Gasteiger partial charge in [0.2, 0.25) is 0 Å². The summed E-state index contributed by atoms with van der Waals surface area (Å²) in [5, 5.41) is 12.1. The van der Waals surface area contributed by atoms with E-state index in [0.717, 1.165) is 10.8 Å². The van der Waals surface area contributed by atoms with Crippen molar-refractivity contribution >= 4 is 22.7 Å². The molecular formula is C30H26O6. The molecule has 1 unspecified atom stereocenters. The van der Waals surface area contributed by atoms with Crippen LogP contribution in [-0.4, -0.2) is 31.3 Å². The Balaban J connectivity index is 1.62. The van der Waals surface area contributed by atoms with Crippen LogP contribution in [0.15, 0.2) is 91.0 Å². The molecule has 182 valence electrons. The highest BCUT2D eigenvalue weighted by atomic mass is 16.5. The lowest BCUT2D eigenvalue weighted by Crippen LogP contribution is -2.52. The average Bonchev–Trinajstić information content (AvgIpc) is 2.88. The summed E-state index contributed by atoms with van der Waals surface area (Å²) in [6, 6.07) is 27.7. The van der Waals surface area contributed by atoms with Gasteiger partial charge in [0.05, 0.1) is 26.1 Å². The van der Waals surface area contributed by atoms with E-state index in [-0.39, 0.29) is 0 Å². The molecule has 5 rings (SSSR count). The molecule has 0 spiro atoms. The first-order valence-corrected chi connectivity index (χ1v) is 11.7. The Morgan fingerprint density at radius 2 is 1.14 bits per heavy atom. The summed E-state index contributed by atoms with van der Waals surface area (Å²) >= 11 is 0. The van der Waals surface area contributed by atoms with Crippen LogP contribution in [0, 0.1) is 11.8 Å². The fourth-order valence-electron chi connectivity index (χ4n) is 5.47. The molecule has 1 saturated carbocycles. The molecule has 4 atom stereocenters. The summed E-state index contributed by atoms with van der Waals surface area (Å²) in [7, 11) is 3.07. The molecule has 0 aromatic heterocycles. The van der Waals surface area contributed by atoms with E-state index in [2.05, 4.69) is 0 Å². The Morgan fingerprint density at radius 1 is 0.639 bits per heavy atom. The molecule has 1 fully saturated rings. The predicted molar refractivity (Wildman–Crippen MR) is 136 cm³/mol. The van der Waals surface area contributed by atoms with Crippen molar-refractivity contribution in [2.45, 2.75) is 11.8 Å². The maximum Gasteiger partial charge on any atom is 0.315 e. The summed E-state index contributed by atoms with van der Waals surface area (Å²) in [4.78, 5) is 26.5. The van der Waals surface area contributed by atoms with E-state index in [0.29, 0.717) is 28.4 Å². The Labute approximate surface area is 209 Å². The molecule has 0 heterocycles. The average molecular weight is 483 g/mol. The number of benzene rings is 4. The number of methoxy groups -OCH3 is 2. The molecule has 4 aromatic carbocycles. The molecule has 36 heavy (non-hydrogen) atoms. The van der Waals surface area contributed by atoms with Crippen molar-refractivity contribution < 1.29 is 28.9 Å². The number of ether oxygens (including phenoxy) is 3. The van der Waals surface area contributed by atoms with Gasteiger partial charge < -0.3 is 19.3 Å². The van der Waals surface area contributed by atoms with Crippen molar-refractivity contribution in [1.82, 2.24) is 0 Å². The molecule has 6 heteroatoms. The van der Waals surface area contributed by atoms with E-state index in [1.54, 1.807) is 18.2 Å². The van der Waals surface area contributed by atoms with Gasteiger partial charge in [-0.15, -0.1) is 0 Å². The van der Waals surface area contributed by atoms with Crippen LogP contribution in [0.5, 0.6) is 17.2 Å². The van der Waals surface area contributed by atoms with Gasteiger partial charge in [-0.2, -0.15) is 0 Å². The van der Waals surface area contributed by atoms with Crippen LogP contribution in [0.2, 0.25) is 0 Å². The van der Waals surface area contributed by atoms with Crippen LogP contribution in [-0.2, 0) is 9.59 Å². The monoisotopic (exact) mass is 482 g/mol. The zero-order valence-corrected chi connectivity index (χ0v) is 20.0. The SMILES string of the molecule is COc1ccccc1C1[C@@H](C(=O)O)[C@H](c2ccccc2OC)[C@H]1C(=O)Oc1cccc2ccccc12. The lowest BCUT2D eigenvalue weighted by Gasteiger charge is -2.49. The third kappa shape index (κ3) is 3.94. The first kappa shape index (κ1) is 23.4. The molecule has 1 aliphatic carbocycles. The number of hydrogen-bond donors (Lipinski definition) is 1. The van der Waals surface area contributed by atoms with Crippen LogP contribution in [0.1, 0.15) is 23.0 Å². The number of carboxylic acid groups (broad SMARTS) is 1. The van der Waals surface area contributed by atoms with Crippen molar-refractivity contribution in [3.8, 4) is 17.2 Å². The van der Waals surface area contributed by atoms with Gasteiger partial charge in [-0.05, 0) is 34.7 Å². The highest BCUT2D eigenvalue weighted by Gasteiger charge is 2.60. The highest BCUT2D eigenvalue weighted by molar-refractivity contribution is 5.92. The Morgan fingerprint density at radius 3 is 1.72 bits per heavy atom. The maximum absolute atomic E-state index is 13.9. The molecule has 0 amide bonds. The zero-order valence-electron chi connectivity index (χ0n) is 20.0. The Kier molecular flexibility index (Phi) is 6.34. The standard InChI is InChI=1S/C30H26O6/c1-34-22-15-7-5-13-20(22)25-27(29(31)32)26(21-14-6-8-16-23(21)35-2)28(25)30(33)36-24-17-9-11-18-10-3-4-12-19(18)24/h3-17,25-28H,1-2H3,(H,31,32)/t25-,26?,27-,28+/m0/s1. The Bertz CT molecular complexity index is 1370. The highest BCUT2D eigenvalue weighted by Crippen LogP contribution is 2.60. The van der Waals surface area contributed by atoms with Gasteiger partial charge in [-0.3, -0.25) is 9.59 Å². The summed E-state index contributed by atoms with van der Waals surface area (Å²) in [6.07, 6.45) is 0. The molecular weight excluding hydrogens is 456 g/mol. The van der Waals surface area contributed by atoms with Crippen LogP contribution < -0.4 is 14.2 Å². The number of carboxylic acids is 1. The van der Waals surface area contributed by atoms with E-state index >= 15 is 0 Å². The predicted octanol–water partition coefficient (Wildman–Crippen LogP) is 5.66. The smallest absolute Gasteiger partial charge is 0.315 e. The van der Waals surface area contributed by atoms with E-state index in [9.17, 15) is 14.7 Å². The Hall–Kier alpha value is -4.32. The quantitative estimate of drug-likeness (QED) is 0.270. The van der Waals surface area contributed by atoms with Crippen molar-refractivity contribution in [3.05, 3.63) is 102 Å².